The molecule has 0 aliphatic carbocycles. The lowest BCUT2D eigenvalue weighted by Crippen LogP contribution is -2.43. The molecule has 2 aromatic rings. The Kier molecular flexibility index (Phi) is 5.15. The number of nitrogens with zero attached hydrogens (tertiary/aromatic N) is 3. The van der Waals surface area contributed by atoms with E-state index in [-0.39, 0.29) is 6.03 Å². The SMILES string of the molecule is COC[C@H]1CCCN(C(=O)Nc2ccc(-n3cccn3)cc2C)C1. The van der Waals surface area contributed by atoms with E-state index in [4.69, 9.17) is 4.74 Å². The van der Waals surface area contributed by atoms with Crippen molar-refractivity contribution in [1.29, 1.82) is 0 Å². The first-order chi connectivity index (χ1) is 11.7. The quantitative estimate of drug-likeness (QED) is 0.938. The Morgan fingerprint density at radius 3 is 3.04 bits per heavy atom. The van der Waals surface area contributed by atoms with Crippen molar-refractivity contribution in [3.8, 4) is 5.69 Å². The van der Waals surface area contributed by atoms with Gasteiger partial charge in [-0.2, -0.15) is 5.10 Å². The number of hydrogen-bond donors (Lipinski definition) is 1. The maximum absolute atomic E-state index is 12.5. The Bertz CT molecular complexity index is 682. The topological polar surface area (TPSA) is 59.4 Å². The molecule has 1 saturated heterocycles. The lowest BCUT2D eigenvalue weighted by molar-refractivity contribution is 0.104. The number of ether oxygens (including phenoxy) is 1. The normalized spacial score (nSPS) is 17.8. The van der Waals surface area contributed by atoms with Crippen molar-refractivity contribution in [3.05, 3.63) is 42.2 Å². The van der Waals surface area contributed by atoms with Gasteiger partial charge in [0.05, 0.1) is 12.3 Å². The van der Waals surface area contributed by atoms with E-state index in [9.17, 15) is 4.79 Å². The summed E-state index contributed by atoms with van der Waals surface area (Å²) >= 11 is 0. The van der Waals surface area contributed by atoms with Crippen LogP contribution in [0.25, 0.3) is 5.69 Å². The molecule has 3 rings (SSSR count). The molecule has 1 aliphatic heterocycles. The number of piperidine rings is 1. The number of nitrogens with one attached hydrogen (secondary N) is 1. The van der Waals surface area contributed by atoms with Gasteiger partial charge in [0.25, 0.3) is 0 Å². The molecule has 1 aliphatic rings. The summed E-state index contributed by atoms with van der Waals surface area (Å²) in [5, 5.41) is 7.26. The van der Waals surface area contributed by atoms with Crippen LogP contribution >= 0.6 is 0 Å². The molecule has 0 radical (unpaired) electrons. The third kappa shape index (κ3) is 3.76. The highest BCUT2D eigenvalue weighted by molar-refractivity contribution is 5.90. The van der Waals surface area contributed by atoms with Crippen LogP contribution in [0.3, 0.4) is 0 Å². The van der Waals surface area contributed by atoms with Crippen molar-refractivity contribution in [3.63, 3.8) is 0 Å². The highest BCUT2D eigenvalue weighted by Gasteiger charge is 2.23. The fourth-order valence-electron chi connectivity index (χ4n) is 3.17. The second-order valence-electron chi connectivity index (χ2n) is 6.29. The van der Waals surface area contributed by atoms with E-state index in [1.165, 1.54) is 0 Å². The molecule has 2 heterocycles. The molecule has 1 atom stereocenters. The standard InChI is InChI=1S/C18H24N4O2/c1-14-11-16(22-10-4-8-19-22)6-7-17(14)20-18(23)21-9-3-5-15(12-21)13-24-2/h4,6-8,10-11,15H,3,5,9,12-13H2,1-2H3,(H,20,23)/t15-/m0/s1. The molecule has 0 saturated carbocycles. The van der Waals surface area contributed by atoms with Crippen LogP contribution in [0.5, 0.6) is 0 Å². The first-order valence-corrected chi connectivity index (χ1v) is 8.33. The Morgan fingerprint density at radius 1 is 1.46 bits per heavy atom. The summed E-state index contributed by atoms with van der Waals surface area (Å²) in [5.41, 5.74) is 2.83. The number of urea groups is 1. The Labute approximate surface area is 142 Å². The minimum Gasteiger partial charge on any atom is -0.384 e. The van der Waals surface area contributed by atoms with Gasteiger partial charge in [-0.3, -0.25) is 0 Å². The van der Waals surface area contributed by atoms with E-state index in [2.05, 4.69) is 10.4 Å². The fraction of sp³-hybridized carbons (Fsp3) is 0.444. The molecule has 1 fully saturated rings. The first-order valence-electron chi connectivity index (χ1n) is 8.33. The fourth-order valence-corrected chi connectivity index (χ4v) is 3.17. The van der Waals surface area contributed by atoms with Gasteiger partial charge in [0.15, 0.2) is 0 Å². The number of likely N-dealkylation sites (tertiary alicyclic amines) is 1. The zero-order valence-corrected chi connectivity index (χ0v) is 14.2. The summed E-state index contributed by atoms with van der Waals surface area (Å²) in [4.78, 5) is 14.4. The smallest absolute Gasteiger partial charge is 0.321 e. The summed E-state index contributed by atoms with van der Waals surface area (Å²) in [5.74, 6) is 0.429. The minimum atomic E-state index is -0.0363. The highest BCUT2D eigenvalue weighted by atomic mass is 16.5. The molecule has 1 aromatic heterocycles. The van der Waals surface area contributed by atoms with Crippen LogP contribution in [0.1, 0.15) is 18.4 Å². The molecule has 0 spiro atoms. The van der Waals surface area contributed by atoms with Gasteiger partial charge in [0.2, 0.25) is 0 Å². The highest BCUT2D eigenvalue weighted by Crippen LogP contribution is 2.21. The molecule has 0 unspecified atom stereocenters. The van der Waals surface area contributed by atoms with Crippen LogP contribution in [0.2, 0.25) is 0 Å². The predicted octanol–water partition coefficient (Wildman–Crippen LogP) is 3.07. The number of aromatic nitrogens is 2. The molecule has 2 amide bonds. The third-order valence-corrected chi connectivity index (χ3v) is 4.43. The number of anilines is 1. The lowest BCUT2D eigenvalue weighted by atomic mass is 9.99. The van der Waals surface area contributed by atoms with Crippen molar-refractivity contribution in [2.45, 2.75) is 19.8 Å². The second kappa shape index (κ2) is 7.49. The van der Waals surface area contributed by atoms with Gasteiger partial charge in [-0.1, -0.05) is 0 Å². The molecule has 1 aromatic carbocycles. The summed E-state index contributed by atoms with van der Waals surface area (Å²) in [6, 6.07) is 7.76. The Balaban J connectivity index is 1.66. The third-order valence-electron chi connectivity index (χ3n) is 4.43. The van der Waals surface area contributed by atoms with Crippen molar-refractivity contribution < 1.29 is 9.53 Å². The Morgan fingerprint density at radius 2 is 2.33 bits per heavy atom. The number of carbonyl (C=O) groups is 1. The van der Waals surface area contributed by atoms with Gasteiger partial charge in [-0.15, -0.1) is 0 Å². The average Bonchev–Trinajstić information content (AvgIpc) is 3.12. The number of rotatable bonds is 4. The van der Waals surface area contributed by atoms with Crippen molar-refractivity contribution in [2.24, 2.45) is 5.92 Å². The predicted molar refractivity (Wildman–Crippen MR) is 93.5 cm³/mol. The molecule has 1 N–H and O–H groups in total. The summed E-state index contributed by atoms with van der Waals surface area (Å²) in [7, 11) is 1.71. The van der Waals surface area contributed by atoms with E-state index in [1.54, 1.807) is 18.0 Å². The maximum Gasteiger partial charge on any atom is 0.321 e. The molecule has 128 valence electrons. The van der Waals surface area contributed by atoms with Crippen molar-refractivity contribution >= 4 is 11.7 Å². The molecule has 6 heteroatoms. The van der Waals surface area contributed by atoms with Gasteiger partial charge >= 0.3 is 6.03 Å². The monoisotopic (exact) mass is 328 g/mol. The van der Waals surface area contributed by atoms with Crippen LogP contribution in [0, 0.1) is 12.8 Å². The maximum atomic E-state index is 12.5. The molecule has 0 bridgehead atoms. The lowest BCUT2D eigenvalue weighted by Gasteiger charge is -2.32. The molecule has 24 heavy (non-hydrogen) atoms. The number of amides is 2. The second-order valence-corrected chi connectivity index (χ2v) is 6.29. The van der Waals surface area contributed by atoms with Crippen LogP contribution < -0.4 is 5.32 Å². The summed E-state index contributed by atoms with van der Waals surface area (Å²) in [6.45, 7) is 4.26. The minimum absolute atomic E-state index is 0.0363. The number of hydrogen-bond acceptors (Lipinski definition) is 3. The van der Waals surface area contributed by atoms with E-state index in [0.29, 0.717) is 12.5 Å². The first kappa shape index (κ1) is 16.5. The van der Waals surface area contributed by atoms with Crippen LogP contribution in [-0.2, 0) is 4.74 Å². The average molecular weight is 328 g/mol. The van der Waals surface area contributed by atoms with Gasteiger partial charge in [0.1, 0.15) is 0 Å². The van der Waals surface area contributed by atoms with Crippen LogP contribution in [-0.4, -0.2) is 47.5 Å². The van der Waals surface area contributed by atoms with Crippen LogP contribution in [0.15, 0.2) is 36.7 Å². The van der Waals surface area contributed by atoms with Gasteiger partial charge in [0, 0.05) is 44.2 Å². The Hall–Kier alpha value is -2.34. The molecular weight excluding hydrogens is 304 g/mol. The molecular formula is C18H24N4O2. The van der Waals surface area contributed by atoms with Gasteiger partial charge in [-0.25, -0.2) is 9.48 Å². The van der Waals surface area contributed by atoms with Gasteiger partial charge < -0.3 is 15.0 Å². The summed E-state index contributed by atoms with van der Waals surface area (Å²) in [6.07, 6.45) is 5.79. The van der Waals surface area contributed by atoms with Gasteiger partial charge in [-0.05, 0) is 49.6 Å². The van der Waals surface area contributed by atoms with E-state index >= 15 is 0 Å². The zero-order valence-electron chi connectivity index (χ0n) is 14.2. The van der Waals surface area contributed by atoms with E-state index in [1.807, 2.05) is 42.3 Å². The number of methoxy groups -OCH3 is 1. The zero-order chi connectivity index (χ0) is 16.9. The number of carbonyl (C=O) groups excluding carboxylic acids is 1. The largest absolute Gasteiger partial charge is 0.384 e. The van der Waals surface area contributed by atoms with E-state index in [0.717, 1.165) is 42.9 Å². The molecule has 6 nitrogen and oxygen atoms in total. The number of aryl methyl sites for hydroxylation is 1. The van der Waals surface area contributed by atoms with Crippen molar-refractivity contribution in [2.75, 3.05) is 32.1 Å². The van der Waals surface area contributed by atoms with E-state index < -0.39 is 0 Å². The van der Waals surface area contributed by atoms with Crippen LogP contribution in [0.4, 0.5) is 10.5 Å². The summed E-state index contributed by atoms with van der Waals surface area (Å²) < 4.78 is 7.03. The van der Waals surface area contributed by atoms with Crippen molar-refractivity contribution in [1.82, 2.24) is 14.7 Å². The number of benzene rings is 1.